The highest BCUT2D eigenvalue weighted by molar-refractivity contribution is 5.89. The molecule has 2 heterocycles. The lowest BCUT2D eigenvalue weighted by Gasteiger charge is -2.39. The van der Waals surface area contributed by atoms with E-state index in [9.17, 15) is 4.79 Å². The molecule has 19 heavy (non-hydrogen) atoms. The Bertz CT molecular complexity index is 462. The number of piperidine rings is 1. The van der Waals surface area contributed by atoms with Gasteiger partial charge in [-0.2, -0.15) is 0 Å². The summed E-state index contributed by atoms with van der Waals surface area (Å²) >= 11 is 0. The summed E-state index contributed by atoms with van der Waals surface area (Å²) in [5.74, 6) is -0.217. The molecule has 0 bridgehead atoms. The lowest BCUT2D eigenvalue weighted by molar-refractivity contribution is -0.123. The molecule has 0 radical (unpaired) electrons. The van der Waals surface area contributed by atoms with Crippen LogP contribution in [0.15, 0.2) is 30.3 Å². The Kier molecular flexibility index (Phi) is 3.19. The summed E-state index contributed by atoms with van der Waals surface area (Å²) in [5, 5.41) is 3.44. The molecule has 0 aromatic heterocycles. The summed E-state index contributed by atoms with van der Waals surface area (Å²) in [6.45, 7) is 2.06. The van der Waals surface area contributed by atoms with E-state index in [1.165, 1.54) is 12.8 Å². The fourth-order valence-electron chi connectivity index (χ4n) is 3.58. The topological polar surface area (TPSA) is 58.4 Å². The van der Waals surface area contributed by atoms with Crippen molar-refractivity contribution in [3.8, 4) is 0 Å². The minimum absolute atomic E-state index is 0.217. The number of nitrogens with zero attached hydrogens (tertiary/aromatic N) is 1. The van der Waals surface area contributed by atoms with Crippen molar-refractivity contribution in [1.29, 1.82) is 0 Å². The zero-order chi connectivity index (χ0) is 13.3. The van der Waals surface area contributed by atoms with Gasteiger partial charge in [0.15, 0.2) is 0 Å². The number of benzene rings is 1. The molecule has 2 atom stereocenters. The second kappa shape index (κ2) is 4.85. The van der Waals surface area contributed by atoms with Gasteiger partial charge < -0.3 is 11.1 Å². The van der Waals surface area contributed by atoms with Crippen molar-refractivity contribution < 1.29 is 4.79 Å². The largest absolute Gasteiger partial charge is 0.370 e. The van der Waals surface area contributed by atoms with E-state index in [2.05, 4.69) is 10.2 Å². The highest BCUT2D eigenvalue weighted by atomic mass is 16.1. The molecule has 1 amide bonds. The number of carbonyl (C=O) groups excluding carboxylic acids is 1. The van der Waals surface area contributed by atoms with Gasteiger partial charge in [0, 0.05) is 18.3 Å². The summed E-state index contributed by atoms with van der Waals surface area (Å²) in [7, 11) is 0. The standard InChI is InChI=1S/C15H21N3O/c16-14(19)15(17-12-6-2-1-3-7-12)9-11-18-10-5-4-8-13(15)18/h1-3,6-7,13,17H,4-5,8-11H2,(H2,16,19). The smallest absolute Gasteiger partial charge is 0.244 e. The fourth-order valence-corrected chi connectivity index (χ4v) is 3.58. The molecule has 2 aliphatic rings. The van der Waals surface area contributed by atoms with Crippen molar-refractivity contribution in [3.05, 3.63) is 30.3 Å². The van der Waals surface area contributed by atoms with Crippen molar-refractivity contribution in [2.45, 2.75) is 37.3 Å². The number of primary amides is 1. The van der Waals surface area contributed by atoms with Gasteiger partial charge in [0.2, 0.25) is 5.91 Å². The van der Waals surface area contributed by atoms with Crippen LogP contribution in [0.2, 0.25) is 0 Å². The predicted octanol–water partition coefficient (Wildman–Crippen LogP) is 1.58. The minimum atomic E-state index is -0.595. The van der Waals surface area contributed by atoms with Crippen molar-refractivity contribution >= 4 is 11.6 Å². The summed E-state index contributed by atoms with van der Waals surface area (Å²) in [4.78, 5) is 14.5. The molecule has 3 N–H and O–H groups in total. The zero-order valence-corrected chi connectivity index (χ0v) is 11.1. The fraction of sp³-hybridized carbons (Fsp3) is 0.533. The van der Waals surface area contributed by atoms with Gasteiger partial charge in [0.25, 0.3) is 0 Å². The van der Waals surface area contributed by atoms with Crippen LogP contribution in [0.4, 0.5) is 5.69 Å². The zero-order valence-electron chi connectivity index (χ0n) is 11.1. The number of fused-ring (bicyclic) bond motifs is 1. The molecule has 0 aliphatic carbocycles. The van der Waals surface area contributed by atoms with Gasteiger partial charge >= 0.3 is 0 Å². The van der Waals surface area contributed by atoms with E-state index in [-0.39, 0.29) is 11.9 Å². The quantitative estimate of drug-likeness (QED) is 0.866. The number of rotatable bonds is 3. The number of carbonyl (C=O) groups is 1. The molecular weight excluding hydrogens is 238 g/mol. The summed E-state index contributed by atoms with van der Waals surface area (Å²) in [5.41, 5.74) is 6.14. The molecular formula is C15H21N3O. The van der Waals surface area contributed by atoms with Crippen molar-refractivity contribution in [2.24, 2.45) is 5.73 Å². The van der Waals surface area contributed by atoms with Gasteiger partial charge in [0.05, 0.1) is 0 Å². The van der Waals surface area contributed by atoms with Crippen LogP contribution in [-0.4, -0.2) is 35.5 Å². The number of hydrogen-bond acceptors (Lipinski definition) is 3. The number of anilines is 1. The second-order valence-electron chi connectivity index (χ2n) is 5.62. The summed E-state index contributed by atoms with van der Waals surface area (Å²) < 4.78 is 0. The Hall–Kier alpha value is -1.55. The first-order chi connectivity index (χ1) is 9.22. The Morgan fingerprint density at radius 1 is 1.26 bits per heavy atom. The number of nitrogens with one attached hydrogen (secondary N) is 1. The van der Waals surface area contributed by atoms with Gasteiger partial charge in [-0.3, -0.25) is 9.69 Å². The molecule has 2 aliphatic heterocycles. The number of amides is 1. The molecule has 4 heteroatoms. The van der Waals surface area contributed by atoms with E-state index in [0.29, 0.717) is 0 Å². The highest BCUT2D eigenvalue weighted by Gasteiger charge is 2.52. The molecule has 0 saturated carbocycles. The molecule has 2 unspecified atom stereocenters. The van der Waals surface area contributed by atoms with Crippen molar-refractivity contribution in [3.63, 3.8) is 0 Å². The third-order valence-electron chi connectivity index (χ3n) is 4.56. The monoisotopic (exact) mass is 259 g/mol. The van der Waals surface area contributed by atoms with Crippen LogP contribution in [0.25, 0.3) is 0 Å². The maximum absolute atomic E-state index is 12.1. The molecule has 0 spiro atoms. The molecule has 3 rings (SSSR count). The Balaban J connectivity index is 1.89. The molecule has 1 aromatic carbocycles. The Morgan fingerprint density at radius 3 is 2.79 bits per heavy atom. The van der Waals surface area contributed by atoms with Gasteiger partial charge in [-0.15, -0.1) is 0 Å². The summed E-state index contributed by atoms with van der Waals surface area (Å²) in [6, 6.07) is 10.2. The van der Waals surface area contributed by atoms with E-state index >= 15 is 0 Å². The third kappa shape index (κ3) is 2.10. The van der Waals surface area contributed by atoms with Crippen LogP contribution in [0.3, 0.4) is 0 Å². The molecule has 4 nitrogen and oxygen atoms in total. The van der Waals surface area contributed by atoms with Crippen LogP contribution >= 0.6 is 0 Å². The third-order valence-corrected chi connectivity index (χ3v) is 4.56. The molecule has 1 aromatic rings. The predicted molar refractivity (Wildman–Crippen MR) is 75.8 cm³/mol. The van der Waals surface area contributed by atoms with Crippen LogP contribution in [-0.2, 0) is 4.79 Å². The number of hydrogen-bond donors (Lipinski definition) is 2. The van der Waals surface area contributed by atoms with E-state index in [4.69, 9.17) is 5.73 Å². The first-order valence-corrected chi connectivity index (χ1v) is 7.09. The van der Waals surface area contributed by atoms with Gasteiger partial charge in [-0.05, 0) is 37.9 Å². The average Bonchev–Trinajstić information content (AvgIpc) is 2.81. The van der Waals surface area contributed by atoms with E-state index in [0.717, 1.165) is 31.6 Å². The number of nitrogens with two attached hydrogens (primary N) is 1. The van der Waals surface area contributed by atoms with E-state index in [1.807, 2.05) is 30.3 Å². The molecule has 102 valence electrons. The van der Waals surface area contributed by atoms with Crippen LogP contribution < -0.4 is 11.1 Å². The molecule has 2 saturated heterocycles. The maximum Gasteiger partial charge on any atom is 0.244 e. The average molecular weight is 259 g/mol. The van der Waals surface area contributed by atoms with Crippen molar-refractivity contribution in [2.75, 3.05) is 18.4 Å². The first kappa shape index (κ1) is 12.5. The normalized spacial score (nSPS) is 30.8. The maximum atomic E-state index is 12.1. The van der Waals surface area contributed by atoms with Crippen LogP contribution in [0, 0.1) is 0 Å². The van der Waals surface area contributed by atoms with Crippen LogP contribution in [0.5, 0.6) is 0 Å². The van der Waals surface area contributed by atoms with Gasteiger partial charge in [-0.25, -0.2) is 0 Å². The Labute approximate surface area is 114 Å². The van der Waals surface area contributed by atoms with Gasteiger partial charge in [0.1, 0.15) is 5.54 Å². The van der Waals surface area contributed by atoms with Crippen molar-refractivity contribution in [1.82, 2.24) is 4.90 Å². The first-order valence-electron chi connectivity index (χ1n) is 7.09. The van der Waals surface area contributed by atoms with Crippen LogP contribution in [0.1, 0.15) is 25.7 Å². The Morgan fingerprint density at radius 2 is 2.05 bits per heavy atom. The summed E-state index contributed by atoms with van der Waals surface area (Å²) in [6.07, 6.45) is 4.29. The SMILES string of the molecule is NC(=O)C1(Nc2ccccc2)CCN2CCCCC21. The minimum Gasteiger partial charge on any atom is -0.370 e. The lowest BCUT2D eigenvalue weighted by atomic mass is 9.84. The second-order valence-corrected chi connectivity index (χ2v) is 5.62. The lowest BCUT2D eigenvalue weighted by Crippen LogP contribution is -2.59. The van der Waals surface area contributed by atoms with E-state index in [1.54, 1.807) is 0 Å². The molecule has 2 fully saturated rings. The highest BCUT2D eigenvalue weighted by Crippen LogP contribution is 2.37. The van der Waals surface area contributed by atoms with E-state index < -0.39 is 5.54 Å². The van der Waals surface area contributed by atoms with Gasteiger partial charge in [-0.1, -0.05) is 24.6 Å². The number of para-hydroxylation sites is 1.